The summed E-state index contributed by atoms with van der Waals surface area (Å²) >= 11 is 0. The maximum atomic E-state index is 7.81. The number of hydrogen-bond acceptors (Lipinski definition) is 2. The van der Waals surface area contributed by atoms with Gasteiger partial charge in [-0.15, -0.1) is 0 Å². The Hall–Kier alpha value is -7.81. The first-order chi connectivity index (χ1) is 40.3. The van der Waals surface area contributed by atoms with E-state index < -0.39 is 0 Å². The zero-order chi connectivity index (χ0) is 58.5. The van der Waals surface area contributed by atoms with Crippen molar-refractivity contribution < 1.29 is 8.83 Å². The molecular weight excluding hydrogens is 998 g/mol. The molecule has 13 aromatic carbocycles. The number of hydrogen-bond donors (Lipinski definition) is 0. The van der Waals surface area contributed by atoms with Gasteiger partial charge in [0.1, 0.15) is 0 Å². The maximum absolute atomic E-state index is 7.81. The quantitative estimate of drug-likeness (QED) is 0.173. The van der Waals surface area contributed by atoms with E-state index in [4.69, 9.17) is 134 Å². The van der Waals surface area contributed by atoms with Crippen molar-refractivity contribution in [3.8, 4) is 33.4 Å². The van der Waals surface area contributed by atoms with Gasteiger partial charge in [-0.25, -0.2) is 0 Å². The van der Waals surface area contributed by atoms with Gasteiger partial charge in [0.15, 0.2) is 0 Å². The molecule has 0 bridgehead atoms. The number of furan rings is 2. The van der Waals surface area contributed by atoms with Crippen LogP contribution in [0.2, 0.25) is 0 Å². The van der Waals surface area contributed by atoms with Gasteiger partial charge in [-0.3, -0.25) is 0 Å². The first-order valence-corrected chi connectivity index (χ1v) is 26.8. The van der Waals surface area contributed by atoms with Gasteiger partial charge in [-0.05, 0) is 0 Å². The second-order valence-electron chi connectivity index (χ2n) is 21.9. The minimum absolute atomic E-state index is 0.00223. The van der Waals surface area contributed by atoms with Gasteiger partial charge < -0.3 is 0 Å². The Labute approximate surface area is 504 Å². The van der Waals surface area contributed by atoms with Gasteiger partial charge in [0.2, 0.25) is 0 Å². The molecule has 0 amide bonds. The van der Waals surface area contributed by atoms with E-state index in [1.54, 1.807) is 6.92 Å². The normalized spacial score (nSPS) is 13.0. The average Bonchev–Trinajstić information content (AvgIpc) is 4.35. The summed E-state index contributed by atoms with van der Waals surface area (Å²) in [7, 11) is 111. The van der Waals surface area contributed by atoms with Gasteiger partial charge in [-0.1, -0.05) is 0 Å². The summed E-state index contributed by atoms with van der Waals surface area (Å²) in [4.78, 5) is 0. The molecule has 0 aliphatic carbocycles. The van der Waals surface area contributed by atoms with Crippen molar-refractivity contribution in [2.24, 2.45) is 0 Å². The molecule has 18 heteroatoms. The molecule has 0 saturated heterocycles. The van der Waals surface area contributed by atoms with E-state index in [9.17, 15) is 0 Å². The third-order valence-corrected chi connectivity index (χ3v) is 17.5. The fraction of sp³-hybridized carbons (Fsp3) is 0.0152. The monoisotopic (exact) mass is 1020 g/mol. The van der Waals surface area contributed by atoms with Crippen molar-refractivity contribution >= 4 is 321 Å². The summed E-state index contributed by atoms with van der Waals surface area (Å²) in [6.07, 6.45) is 0. The molecule has 0 N–H and O–H groups in total. The fourth-order valence-corrected chi connectivity index (χ4v) is 13.4. The van der Waals surface area contributed by atoms with Crippen LogP contribution in [0.5, 0.6) is 0 Å². The number of rotatable bonds is 5. The van der Waals surface area contributed by atoms with Crippen LogP contribution in [0.4, 0.5) is 0 Å². The van der Waals surface area contributed by atoms with E-state index in [-0.39, 0.29) is 131 Å². The number of fused-ring (bicyclic) bond motifs is 6. The summed E-state index contributed by atoms with van der Waals surface area (Å²) in [6.45, 7) is 1.66. The Kier molecular flexibility index (Phi) is 11.7. The predicted octanol–water partition coefficient (Wildman–Crippen LogP) is -0.437. The molecule has 0 aliphatic rings. The third kappa shape index (κ3) is 7.00. The summed E-state index contributed by atoms with van der Waals surface area (Å²) in [5.41, 5.74) is 5.86. The second kappa shape index (κ2) is 18.6. The zero-order valence-corrected chi connectivity index (χ0v) is 45.1. The molecule has 0 aliphatic heterocycles. The topological polar surface area (TPSA) is 26.3 Å². The molecule has 0 saturated carbocycles. The molecule has 84 heavy (non-hydrogen) atoms. The predicted molar refractivity (Wildman–Crippen MR) is 374 cm³/mol. The van der Waals surface area contributed by atoms with E-state index in [0.717, 1.165) is 75.8 Å². The molecule has 15 aromatic rings. The minimum atomic E-state index is 0.00223. The SMILES string of the molecule is [B]/C(C(=[B])c1cc(-c2c([B])c([B])c3oc4c([B])c([B])c([B])c([B])c4c3c2[B])c(-c2ccc3ccc4cccc5ccc2c3c45)cc1-c1ccc2ccc3cccc4ccc1c2c34)=c1/c(=C(/[B])C)oc2c1c([B])c([B])c1c([B])c([B])c([B])c([B])c12. The molecule has 0 unspecified atom stereocenters. The van der Waals surface area contributed by atoms with Crippen LogP contribution in [-0.2, 0) is 0 Å². The van der Waals surface area contributed by atoms with Gasteiger partial charge in [0, 0.05) is 0 Å². The van der Waals surface area contributed by atoms with Gasteiger partial charge >= 0.3 is 508 Å². The molecule has 15 rings (SSSR count). The average molecular weight is 1020 g/mol. The van der Waals surface area contributed by atoms with Gasteiger partial charge in [0.25, 0.3) is 0 Å². The zero-order valence-electron chi connectivity index (χ0n) is 45.1. The summed E-state index contributed by atoms with van der Waals surface area (Å²) in [6, 6.07) is 42.1. The molecule has 2 heterocycles. The Morgan fingerprint density at radius 2 is 0.726 bits per heavy atom. The summed E-state index contributed by atoms with van der Waals surface area (Å²) in [5.74, 6) is 0. The van der Waals surface area contributed by atoms with Crippen LogP contribution in [0, 0.1) is 0 Å². The van der Waals surface area contributed by atoms with E-state index in [2.05, 4.69) is 115 Å². The van der Waals surface area contributed by atoms with Gasteiger partial charge in [0.05, 0.1) is 0 Å². The van der Waals surface area contributed by atoms with Crippen LogP contribution in [0.15, 0.2) is 130 Å². The Morgan fingerprint density at radius 1 is 0.321 bits per heavy atom. The fourth-order valence-electron chi connectivity index (χ4n) is 13.4. The van der Waals surface area contributed by atoms with Crippen LogP contribution < -0.4 is 81.7 Å². The Bertz CT molecular complexity index is 5690. The van der Waals surface area contributed by atoms with Crippen LogP contribution in [0.1, 0.15) is 12.5 Å². The molecule has 0 fully saturated rings. The summed E-state index contributed by atoms with van der Waals surface area (Å²) in [5, 5.41) is 14.2. The molecule has 0 spiro atoms. The van der Waals surface area contributed by atoms with E-state index in [0.29, 0.717) is 38.6 Å². The Balaban J connectivity index is 1.15. The number of benzene rings is 13. The van der Waals surface area contributed by atoms with Gasteiger partial charge in [-0.2, -0.15) is 0 Å². The van der Waals surface area contributed by atoms with Crippen molar-refractivity contribution in [2.75, 3.05) is 0 Å². The molecule has 347 valence electrons. The first-order valence-electron chi connectivity index (χ1n) is 26.8. The summed E-state index contributed by atoms with van der Waals surface area (Å²) < 4.78 is 13.1. The first kappa shape index (κ1) is 53.0. The third-order valence-electron chi connectivity index (χ3n) is 17.5. The van der Waals surface area contributed by atoms with Crippen LogP contribution in [0.25, 0.3) is 153 Å². The molecular formula is C66H23B16O2. The van der Waals surface area contributed by atoms with E-state index in [1.807, 2.05) is 6.07 Å². The van der Waals surface area contributed by atoms with E-state index in [1.165, 1.54) is 0 Å². The van der Waals surface area contributed by atoms with Crippen LogP contribution in [0.3, 0.4) is 0 Å². The van der Waals surface area contributed by atoms with Crippen molar-refractivity contribution in [2.45, 2.75) is 6.92 Å². The Morgan fingerprint density at radius 3 is 1.25 bits per heavy atom. The standard InChI is InChI=1S/C66H23B16O2/c1-22(67)63-45(46-54(74)51(71)42-43(64(46)83-63)55(75)58(78)57(77)52(42)72)53(73)48(68)36-21-35(41-49(69)44-47-56(76)59(79)60(80)62(82)66(47)84-65(44)61(81)50(41)70)33(29-16-12-27-10-8-23-4-2-6-25-14-18-31(29)39(27)37(23)25)20-34(36)30-17-13-28-11-9-24-5-3-7-26-15-19-32(30)40(28)38(24)26/h2-21H,1H3/b53-45+,63-22-. The van der Waals surface area contributed by atoms with Crippen molar-refractivity contribution in [3.05, 3.63) is 138 Å². The molecule has 2 nitrogen and oxygen atoms in total. The van der Waals surface area contributed by atoms with Crippen molar-refractivity contribution in [3.63, 3.8) is 0 Å². The molecule has 0 atom stereocenters. The van der Waals surface area contributed by atoms with E-state index >= 15 is 0 Å². The van der Waals surface area contributed by atoms with Crippen molar-refractivity contribution in [1.82, 2.24) is 0 Å². The second-order valence-corrected chi connectivity index (χ2v) is 21.9. The van der Waals surface area contributed by atoms with Crippen LogP contribution >= 0.6 is 0 Å². The molecule has 31 radical (unpaired) electrons. The molecule has 2 aromatic heterocycles. The van der Waals surface area contributed by atoms with Crippen molar-refractivity contribution in [1.29, 1.82) is 0 Å². The van der Waals surface area contributed by atoms with Crippen LogP contribution in [-0.4, -0.2) is 131 Å².